The van der Waals surface area contributed by atoms with Crippen molar-refractivity contribution in [2.45, 2.75) is 38.5 Å². The van der Waals surface area contributed by atoms with Crippen molar-refractivity contribution < 1.29 is 14.6 Å². The minimum Gasteiger partial charge on any atom is -0.395 e. The summed E-state index contributed by atoms with van der Waals surface area (Å²) in [6.45, 7) is 6.11. The third-order valence-electron chi connectivity index (χ3n) is 2.57. The van der Waals surface area contributed by atoms with E-state index in [-0.39, 0.29) is 12.6 Å². The first-order valence-electron chi connectivity index (χ1n) is 5.38. The Morgan fingerprint density at radius 2 is 2.00 bits per heavy atom. The predicted octanol–water partition coefficient (Wildman–Crippen LogP) is 0.500. The normalized spacial score (nSPS) is 26.4. The van der Waals surface area contributed by atoms with Gasteiger partial charge in [0.1, 0.15) is 0 Å². The highest BCUT2D eigenvalue weighted by Crippen LogP contribution is 2.24. The largest absolute Gasteiger partial charge is 0.395 e. The summed E-state index contributed by atoms with van der Waals surface area (Å²) in [4.78, 5) is 0. The van der Waals surface area contributed by atoms with Crippen LogP contribution in [-0.4, -0.2) is 43.3 Å². The van der Waals surface area contributed by atoms with Crippen LogP contribution in [0.5, 0.6) is 0 Å². The Bertz CT molecular complexity index is 147. The monoisotopic (exact) mass is 203 g/mol. The van der Waals surface area contributed by atoms with Gasteiger partial charge in [-0.25, -0.2) is 0 Å². The van der Waals surface area contributed by atoms with Crippen LogP contribution < -0.4 is 5.32 Å². The van der Waals surface area contributed by atoms with Crippen LogP contribution in [0.25, 0.3) is 0 Å². The van der Waals surface area contributed by atoms with Crippen molar-refractivity contribution in [3.63, 3.8) is 0 Å². The summed E-state index contributed by atoms with van der Waals surface area (Å²) >= 11 is 0. The molecule has 0 aromatic heterocycles. The molecule has 0 unspecified atom stereocenters. The quantitative estimate of drug-likeness (QED) is 0.639. The molecule has 1 rings (SSSR count). The lowest BCUT2D eigenvalue weighted by atomic mass is 10.00. The van der Waals surface area contributed by atoms with Crippen molar-refractivity contribution in [2.24, 2.45) is 0 Å². The molecule has 1 atom stereocenters. The Morgan fingerprint density at radius 3 is 2.36 bits per heavy atom. The Morgan fingerprint density at radius 1 is 1.36 bits per heavy atom. The Balaban J connectivity index is 2.45. The van der Waals surface area contributed by atoms with E-state index in [1.54, 1.807) is 0 Å². The maximum atomic E-state index is 8.98. The predicted molar refractivity (Wildman–Crippen MR) is 54.1 cm³/mol. The van der Waals surface area contributed by atoms with E-state index in [0.717, 1.165) is 12.8 Å². The second-order valence-corrected chi connectivity index (χ2v) is 3.58. The zero-order valence-corrected chi connectivity index (χ0v) is 9.08. The van der Waals surface area contributed by atoms with Gasteiger partial charge in [-0.2, -0.15) is 0 Å². The lowest BCUT2D eigenvalue weighted by molar-refractivity contribution is -0.243. The average molecular weight is 203 g/mol. The van der Waals surface area contributed by atoms with Crippen molar-refractivity contribution in [2.75, 3.05) is 26.4 Å². The molecule has 0 saturated carbocycles. The number of aliphatic hydroxyl groups is 1. The van der Waals surface area contributed by atoms with Crippen LogP contribution in [0, 0.1) is 0 Å². The van der Waals surface area contributed by atoms with Gasteiger partial charge in [0.2, 0.25) is 0 Å². The SMILES string of the molecule is CCOC1(OCC)CC[C@@H](CO)NC1. The summed E-state index contributed by atoms with van der Waals surface area (Å²) in [5.74, 6) is -0.463. The third-order valence-corrected chi connectivity index (χ3v) is 2.57. The van der Waals surface area contributed by atoms with Crippen molar-refractivity contribution in [1.82, 2.24) is 5.32 Å². The first kappa shape index (κ1) is 11.9. The number of piperidine rings is 1. The van der Waals surface area contributed by atoms with Gasteiger partial charge >= 0.3 is 0 Å². The Labute approximate surface area is 85.6 Å². The van der Waals surface area contributed by atoms with Gasteiger partial charge in [0.25, 0.3) is 0 Å². The smallest absolute Gasteiger partial charge is 0.180 e. The molecule has 1 saturated heterocycles. The second kappa shape index (κ2) is 5.66. The van der Waals surface area contributed by atoms with Crippen molar-refractivity contribution in [3.05, 3.63) is 0 Å². The molecule has 2 N–H and O–H groups in total. The van der Waals surface area contributed by atoms with Gasteiger partial charge in [-0.1, -0.05) is 0 Å². The van der Waals surface area contributed by atoms with Gasteiger partial charge in [0.15, 0.2) is 5.79 Å². The van der Waals surface area contributed by atoms with Crippen LogP contribution >= 0.6 is 0 Å². The summed E-state index contributed by atoms with van der Waals surface area (Å²) in [7, 11) is 0. The number of ether oxygens (including phenoxy) is 2. The van der Waals surface area contributed by atoms with E-state index >= 15 is 0 Å². The summed E-state index contributed by atoms with van der Waals surface area (Å²) in [6, 6.07) is 0.198. The Hall–Kier alpha value is -0.160. The lowest BCUT2D eigenvalue weighted by Crippen LogP contribution is -2.54. The van der Waals surface area contributed by atoms with Crippen molar-refractivity contribution >= 4 is 0 Å². The summed E-state index contributed by atoms with van der Waals surface area (Å²) in [5.41, 5.74) is 0. The minimum absolute atomic E-state index is 0.189. The molecule has 1 aliphatic rings. The van der Waals surface area contributed by atoms with Crippen molar-refractivity contribution in [1.29, 1.82) is 0 Å². The van der Waals surface area contributed by atoms with E-state index in [1.807, 2.05) is 13.8 Å². The van der Waals surface area contributed by atoms with Crippen LogP contribution in [0.15, 0.2) is 0 Å². The topological polar surface area (TPSA) is 50.7 Å². The van der Waals surface area contributed by atoms with E-state index in [2.05, 4.69) is 5.32 Å². The van der Waals surface area contributed by atoms with Gasteiger partial charge in [-0.15, -0.1) is 0 Å². The molecule has 1 heterocycles. The van der Waals surface area contributed by atoms with E-state index in [1.165, 1.54) is 0 Å². The highest BCUT2D eigenvalue weighted by atomic mass is 16.7. The molecule has 14 heavy (non-hydrogen) atoms. The number of hydrogen-bond acceptors (Lipinski definition) is 4. The minimum atomic E-state index is -0.463. The fourth-order valence-corrected chi connectivity index (χ4v) is 1.85. The molecule has 4 heteroatoms. The van der Waals surface area contributed by atoms with Crippen molar-refractivity contribution in [3.8, 4) is 0 Å². The maximum absolute atomic E-state index is 8.98. The molecule has 0 amide bonds. The van der Waals surface area contributed by atoms with Gasteiger partial charge in [-0.3, -0.25) is 0 Å². The molecule has 84 valence electrons. The van der Waals surface area contributed by atoms with E-state index in [9.17, 15) is 0 Å². The first-order valence-corrected chi connectivity index (χ1v) is 5.38. The molecular weight excluding hydrogens is 182 g/mol. The fourth-order valence-electron chi connectivity index (χ4n) is 1.85. The molecule has 0 radical (unpaired) electrons. The zero-order chi connectivity index (χ0) is 10.4. The first-order chi connectivity index (χ1) is 6.76. The molecular formula is C10H21NO3. The highest BCUT2D eigenvalue weighted by Gasteiger charge is 2.36. The third kappa shape index (κ3) is 2.92. The molecule has 1 fully saturated rings. The lowest BCUT2D eigenvalue weighted by Gasteiger charge is -2.39. The molecule has 0 aromatic carbocycles. The van der Waals surface area contributed by atoms with E-state index in [0.29, 0.717) is 19.8 Å². The summed E-state index contributed by atoms with van der Waals surface area (Å²) in [5, 5.41) is 12.2. The molecule has 0 spiro atoms. The molecule has 4 nitrogen and oxygen atoms in total. The maximum Gasteiger partial charge on any atom is 0.180 e. The fraction of sp³-hybridized carbons (Fsp3) is 1.00. The second-order valence-electron chi connectivity index (χ2n) is 3.58. The van der Waals surface area contributed by atoms with Gasteiger partial charge in [0.05, 0.1) is 13.2 Å². The summed E-state index contributed by atoms with van der Waals surface area (Å²) < 4.78 is 11.3. The molecule has 0 aliphatic carbocycles. The zero-order valence-electron chi connectivity index (χ0n) is 9.08. The van der Waals surface area contributed by atoms with Crippen LogP contribution in [0.3, 0.4) is 0 Å². The average Bonchev–Trinajstić information content (AvgIpc) is 2.20. The van der Waals surface area contributed by atoms with Crippen LogP contribution in [0.4, 0.5) is 0 Å². The number of aliphatic hydroxyl groups excluding tert-OH is 1. The van der Waals surface area contributed by atoms with Gasteiger partial charge in [0, 0.05) is 25.7 Å². The summed E-state index contributed by atoms with van der Waals surface area (Å²) in [6.07, 6.45) is 1.75. The number of rotatable bonds is 5. The van der Waals surface area contributed by atoms with Crippen LogP contribution in [0.1, 0.15) is 26.7 Å². The van der Waals surface area contributed by atoms with E-state index < -0.39 is 5.79 Å². The van der Waals surface area contributed by atoms with Gasteiger partial charge < -0.3 is 19.9 Å². The number of nitrogens with one attached hydrogen (secondary N) is 1. The Kier molecular flexibility index (Phi) is 4.81. The van der Waals surface area contributed by atoms with Crippen LogP contribution in [0.2, 0.25) is 0 Å². The standard InChI is InChI=1S/C10H21NO3/c1-3-13-10(14-4-2)6-5-9(7-12)11-8-10/h9,11-12H,3-8H2,1-2H3/t9-/m0/s1. The molecule has 1 aliphatic heterocycles. The number of hydrogen-bond donors (Lipinski definition) is 2. The molecule has 0 aromatic rings. The highest BCUT2D eigenvalue weighted by molar-refractivity contribution is 4.84. The van der Waals surface area contributed by atoms with Crippen LogP contribution in [-0.2, 0) is 9.47 Å². The van der Waals surface area contributed by atoms with E-state index in [4.69, 9.17) is 14.6 Å². The van der Waals surface area contributed by atoms with Gasteiger partial charge in [-0.05, 0) is 20.3 Å². The molecule has 0 bridgehead atoms.